The zero-order chi connectivity index (χ0) is 24.1. The quantitative estimate of drug-likeness (QED) is 0.602. The zero-order valence-corrected chi connectivity index (χ0v) is 20.7. The van der Waals surface area contributed by atoms with Crippen molar-refractivity contribution < 1.29 is 18.0 Å². The molecule has 0 saturated carbocycles. The lowest BCUT2D eigenvalue weighted by atomic mass is 10.1. The van der Waals surface area contributed by atoms with Crippen LogP contribution in [0, 0.1) is 0 Å². The van der Waals surface area contributed by atoms with Crippen molar-refractivity contribution in [1.29, 1.82) is 0 Å². The second-order valence-corrected chi connectivity index (χ2v) is 11.1. The van der Waals surface area contributed by atoms with Gasteiger partial charge in [0, 0.05) is 58.9 Å². The first-order chi connectivity index (χ1) is 16.4. The lowest BCUT2D eigenvalue weighted by Crippen LogP contribution is -2.50. The highest BCUT2D eigenvalue weighted by molar-refractivity contribution is 7.89. The normalized spacial score (nSPS) is 17.7. The summed E-state index contributed by atoms with van der Waals surface area (Å²) < 4.78 is 29.1. The first-order valence-corrected chi connectivity index (χ1v) is 13.6. The summed E-state index contributed by atoms with van der Waals surface area (Å²) in [5, 5.41) is 0. The number of carbonyl (C=O) groups excluding carboxylic acids is 2. The van der Waals surface area contributed by atoms with Gasteiger partial charge in [0.05, 0.1) is 0 Å². The minimum Gasteiger partial charge on any atom is -0.345 e. The highest BCUT2D eigenvalue weighted by atomic mass is 32.2. The minimum atomic E-state index is -3.59. The van der Waals surface area contributed by atoms with E-state index in [9.17, 15) is 18.0 Å². The standard InChI is InChI=1S/C25H34N4O4S/c1-26-20-22(34(32,33)29-13-6-3-7-14-29)19-23(26)25(31)28-17-15-27(16-18-28)24(30)12-8-11-21-9-4-2-5-10-21/h2,4-5,9-10,19-20H,3,6-8,11-18H2,1H3. The lowest BCUT2D eigenvalue weighted by Gasteiger charge is -2.35. The molecule has 0 N–H and O–H groups in total. The molecule has 9 heteroatoms. The molecular formula is C25H34N4O4S. The van der Waals surface area contributed by atoms with E-state index in [0.717, 1.165) is 32.1 Å². The van der Waals surface area contributed by atoms with Crippen LogP contribution in [0.2, 0.25) is 0 Å². The van der Waals surface area contributed by atoms with Crippen LogP contribution in [0.15, 0.2) is 47.5 Å². The molecule has 1 aromatic carbocycles. The number of piperazine rings is 1. The van der Waals surface area contributed by atoms with Crippen molar-refractivity contribution in [2.45, 2.75) is 43.4 Å². The SMILES string of the molecule is Cn1cc(S(=O)(=O)N2CCCCC2)cc1C(=O)N1CCN(C(=O)CCCc2ccccc2)CC1. The number of piperidine rings is 1. The van der Waals surface area contributed by atoms with Gasteiger partial charge in [0.25, 0.3) is 5.91 Å². The number of amides is 2. The maximum absolute atomic E-state index is 13.1. The molecule has 0 spiro atoms. The van der Waals surface area contributed by atoms with Crippen molar-refractivity contribution in [1.82, 2.24) is 18.7 Å². The third-order valence-corrected chi connectivity index (χ3v) is 8.63. The summed E-state index contributed by atoms with van der Waals surface area (Å²) >= 11 is 0. The number of hydrogen-bond donors (Lipinski definition) is 0. The predicted molar refractivity (Wildman–Crippen MR) is 130 cm³/mol. The lowest BCUT2D eigenvalue weighted by molar-refractivity contribution is -0.132. The number of aryl methyl sites for hydroxylation is 2. The van der Waals surface area contributed by atoms with E-state index >= 15 is 0 Å². The van der Waals surface area contributed by atoms with E-state index in [0.29, 0.717) is 51.4 Å². The highest BCUT2D eigenvalue weighted by Crippen LogP contribution is 2.23. The number of benzene rings is 1. The van der Waals surface area contributed by atoms with Crippen molar-refractivity contribution >= 4 is 21.8 Å². The Kier molecular flexibility index (Phi) is 7.73. The number of nitrogens with zero attached hydrogens (tertiary/aromatic N) is 4. The van der Waals surface area contributed by atoms with Crippen LogP contribution in [0.4, 0.5) is 0 Å². The Morgan fingerprint density at radius 2 is 1.53 bits per heavy atom. The average molecular weight is 487 g/mol. The van der Waals surface area contributed by atoms with Crippen molar-refractivity contribution in [2.24, 2.45) is 7.05 Å². The van der Waals surface area contributed by atoms with Crippen LogP contribution in [0.5, 0.6) is 0 Å². The maximum Gasteiger partial charge on any atom is 0.270 e. The van der Waals surface area contributed by atoms with Crippen molar-refractivity contribution in [3.63, 3.8) is 0 Å². The van der Waals surface area contributed by atoms with E-state index in [-0.39, 0.29) is 16.7 Å². The largest absolute Gasteiger partial charge is 0.345 e. The Labute approximate surface area is 202 Å². The van der Waals surface area contributed by atoms with Crippen LogP contribution < -0.4 is 0 Å². The van der Waals surface area contributed by atoms with E-state index in [4.69, 9.17) is 0 Å². The molecule has 2 amide bonds. The summed E-state index contributed by atoms with van der Waals surface area (Å²) in [4.78, 5) is 29.4. The van der Waals surface area contributed by atoms with Crippen LogP contribution in [0.1, 0.15) is 48.2 Å². The molecule has 2 aliphatic rings. The van der Waals surface area contributed by atoms with Gasteiger partial charge in [-0.1, -0.05) is 36.8 Å². The maximum atomic E-state index is 13.1. The average Bonchev–Trinajstić information content (AvgIpc) is 3.27. The van der Waals surface area contributed by atoms with Crippen LogP contribution in [-0.2, 0) is 28.3 Å². The number of aromatic nitrogens is 1. The molecule has 0 atom stereocenters. The smallest absolute Gasteiger partial charge is 0.270 e. The Morgan fingerprint density at radius 1 is 0.882 bits per heavy atom. The van der Waals surface area contributed by atoms with Crippen molar-refractivity contribution in [3.05, 3.63) is 53.9 Å². The molecule has 2 aromatic rings. The number of rotatable bonds is 7. The third kappa shape index (κ3) is 5.52. The molecule has 184 valence electrons. The first-order valence-electron chi connectivity index (χ1n) is 12.1. The Balaban J connectivity index is 1.30. The van der Waals surface area contributed by atoms with Gasteiger partial charge in [-0.25, -0.2) is 8.42 Å². The van der Waals surface area contributed by atoms with Crippen molar-refractivity contribution in [3.8, 4) is 0 Å². The molecule has 2 saturated heterocycles. The van der Waals surface area contributed by atoms with Crippen LogP contribution in [0.25, 0.3) is 0 Å². The monoisotopic (exact) mass is 486 g/mol. The molecule has 0 bridgehead atoms. The summed E-state index contributed by atoms with van der Waals surface area (Å²) in [6, 6.07) is 11.6. The Morgan fingerprint density at radius 3 is 2.21 bits per heavy atom. The third-order valence-electron chi connectivity index (χ3n) is 6.77. The minimum absolute atomic E-state index is 0.122. The Hall–Kier alpha value is -2.65. The van der Waals surface area contributed by atoms with Gasteiger partial charge >= 0.3 is 0 Å². The fourth-order valence-electron chi connectivity index (χ4n) is 4.71. The summed E-state index contributed by atoms with van der Waals surface area (Å²) in [7, 11) is -1.88. The summed E-state index contributed by atoms with van der Waals surface area (Å²) in [6.45, 7) is 2.95. The molecule has 2 aliphatic heterocycles. The number of carbonyl (C=O) groups is 2. The molecule has 0 unspecified atom stereocenters. The molecule has 4 rings (SSSR count). The topological polar surface area (TPSA) is 82.9 Å². The fraction of sp³-hybridized carbons (Fsp3) is 0.520. The van der Waals surface area contributed by atoms with E-state index in [2.05, 4.69) is 12.1 Å². The molecular weight excluding hydrogens is 452 g/mol. The van der Waals surface area contributed by atoms with Gasteiger partial charge in [0.2, 0.25) is 15.9 Å². The Bertz CT molecular complexity index is 1100. The number of sulfonamides is 1. The molecule has 8 nitrogen and oxygen atoms in total. The highest BCUT2D eigenvalue weighted by Gasteiger charge is 2.31. The van der Waals surface area contributed by atoms with Crippen LogP contribution in [-0.4, -0.2) is 78.2 Å². The van der Waals surface area contributed by atoms with E-state index < -0.39 is 10.0 Å². The second-order valence-electron chi connectivity index (χ2n) is 9.15. The van der Waals surface area contributed by atoms with Gasteiger partial charge in [0.15, 0.2) is 0 Å². The fourth-order valence-corrected chi connectivity index (χ4v) is 6.30. The van der Waals surface area contributed by atoms with Crippen LogP contribution >= 0.6 is 0 Å². The van der Waals surface area contributed by atoms with Gasteiger partial charge in [-0.2, -0.15) is 4.31 Å². The molecule has 34 heavy (non-hydrogen) atoms. The first kappa shape index (κ1) is 24.5. The van der Waals surface area contributed by atoms with Gasteiger partial charge in [-0.3, -0.25) is 9.59 Å². The summed E-state index contributed by atoms with van der Waals surface area (Å²) in [5.74, 6) is -0.0735. The van der Waals surface area contributed by atoms with E-state index in [1.807, 2.05) is 23.1 Å². The molecule has 0 radical (unpaired) electrons. The van der Waals surface area contributed by atoms with E-state index in [1.54, 1.807) is 16.5 Å². The second kappa shape index (κ2) is 10.7. The van der Waals surface area contributed by atoms with Gasteiger partial charge in [0.1, 0.15) is 10.6 Å². The van der Waals surface area contributed by atoms with Gasteiger partial charge in [-0.05, 0) is 37.3 Å². The molecule has 1 aromatic heterocycles. The van der Waals surface area contributed by atoms with E-state index in [1.165, 1.54) is 22.1 Å². The van der Waals surface area contributed by atoms with Crippen molar-refractivity contribution in [2.75, 3.05) is 39.3 Å². The van der Waals surface area contributed by atoms with Gasteiger partial charge in [-0.15, -0.1) is 0 Å². The summed E-state index contributed by atoms with van der Waals surface area (Å²) in [6.07, 6.45) is 6.50. The summed E-state index contributed by atoms with van der Waals surface area (Å²) in [5.41, 5.74) is 1.59. The zero-order valence-electron chi connectivity index (χ0n) is 19.9. The number of hydrogen-bond acceptors (Lipinski definition) is 4. The van der Waals surface area contributed by atoms with Gasteiger partial charge < -0.3 is 14.4 Å². The molecule has 3 heterocycles. The molecule has 0 aliphatic carbocycles. The molecule has 2 fully saturated rings. The van der Waals surface area contributed by atoms with Crippen LogP contribution in [0.3, 0.4) is 0 Å². The predicted octanol–water partition coefficient (Wildman–Crippen LogP) is 2.51.